The summed E-state index contributed by atoms with van der Waals surface area (Å²) in [5, 5.41) is 7.12. The summed E-state index contributed by atoms with van der Waals surface area (Å²) >= 11 is 1.85. The van der Waals surface area contributed by atoms with Crippen LogP contribution in [0.5, 0.6) is 0 Å². The van der Waals surface area contributed by atoms with Gasteiger partial charge in [-0.25, -0.2) is 14.8 Å². The Hall–Kier alpha value is -2.53. The summed E-state index contributed by atoms with van der Waals surface area (Å²) < 4.78 is 31.7. The van der Waals surface area contributed by atoms with Gasteiger partial charge >= 0.3 is 12.1 Å². The molecular formula is C18H19F3N4O3S. The molecular weight excluding hydrogens is 409 g/mol. The number of hydrogen-bond donors (Lipinski definition) is 1. The summed E-state index contributed by atoms with van der Waals surface area (Å²) in [6.07, 6.45) is 1.51. The third-order valence-corrected chi connectivity index (χ3v) is 5.82. The molecule has 0 bridgehead atoms. The standard InChI is InChI=1S/C16H18N4OS.C2HF3O2/c1-11-2-3-13(22-11)9-19-5-4-14-15(19)6-16(21)20(14)12-7-17-10-18-8-12;3-2(4,5)1(6)7/h2-3,7-8,10,14-15H,4-6,9H2,1H3;(H,6,7). The van der Waals surface area contributed by atoms with Crippen LogP contribution < -0.4 is 4.90 Å². The maximum Gasteiger partial charge on any atom is 0.490 e. The molecule has 0 aliphatic carbocycles. The predicted molar refractivity (Wildman–Crippen MR) is 99.5 cm³/mol. The lowest BCUT2D eigenvalue weighted by Gasteiger charge is -2.24. The summed E-state index contributed by atoms with van der Waals surface area (Å²) in [6.45, 7) is 4.13. The lowest BCUT2D eigenvalue weighted by molar-refractivity contribution is -0.192. The first kappa shape index (κ1) is 21.2. The average molecular weight is 428 g/mol. The molecule has 0 spiro atoms. The van der Waals surface area contributed by atoms with Gasteiger partial charge in [0.25, 0.3) is 0 Å². The van der Waals surface area contributed by atoms with Crippen molar-refractivity contribution in [3.63, 3.8) is 0 Å². The number of halogens is 3. The van der Waals surface area contributed by atoms with E-state index in [2.05, 4.69) is 33.9 Å². The molecule has 4 heterocycles. The van der Waals surface area contributed by atoms with E-state index in [4.69, 9.17) is 9.90 Å². The minimum absolute atomic E-state index is 0.192. The van der Waals surface area contributed by atoms with Gasteiger partial charge < -0.3 is 10.0 Å². The quantitative estimate of drug-likeness (QED) is 0.809. The molecule has 4 rings (SSSR count). The highest BCUT2D eigenvalue weighted by Crippen LogP contribution is 2.36. The molecule has 2 aliphatic rings. The van der Waals surface area contributed by atoms with Gasteiger partial charge in [0.15, 0.2) is 0 Å². The molecule has 2 aliphatic heterocycles. The predicted octanol–water partition coefficient (Wildman–Crippen LogP) is 2.86. The van der Waals surface area contributed by atoms with Crippen LogP contribution in [0.15, 0.2) is 30.9 Å². The number of alkyl halides is 3. The van der Waals surface area contributed by atoms with Gasteiger partial charge in [-0.1, -0.05) is 0 Å². The van der Waals surface area contributed by atoms with Crippen LogP contribution in [0.4, 0.5) is 18.9 Å². The number of rotatable bonds is 3. The number of aliphatic carboxylic acids is 1. The molecule has 11 heteroatoms. The molecule has 2 fully saturated rings. The van der Waals surface area contributed by atoms with Gasteiger partial charge in [-0.2, -0.15) is 13.2 Å². The Labute approximate surface area is 168 Å². The largest absolute Gasteiger partial charge is 0.490 e. The molecule has 1 amide bonds. The van der Waals surface area contributed by atoms with E-state index >= 15 is 0 Å². The number of fused-ring (bicyclic) bond motifs is 1. The molecule has 29 heavy (non-hydrogen) atoms. The van der Waals surface area contributed by atoms with Crippen LogP contribution in [-0.2, 0) is 16.1 Å². The van der Waals surface area contributed by atoms with Gasteiger partial charge in [-0.05, 0) is 25.5 Å². The number of carbonyl (C=O) groups excluding carboxylic acids is 1. The number of anilines is 1. The van der Waals surface area contributed by atoms with Gasteiger partial charge in [0, 0.05) is 35.3 Å². The number of carbonyl (C=O) groups is 2. The van der Waals surface area contributed by atoms with Gasteiger partial charge in [0.05, 0.1) is 24.1 Å². The molecule has 0 radical (unpaired) electrons. The first-order chi connectivity index (χ1) is 13.7. The third kappa shape index (κ3) is 4.91. The number of thiophene rings is 1. The van der Waals surface area contributed by atoms with Crippen molar-refractivity contribution >= 4 is 28.9 Å². The van der Waals surface area contributed by atoms with Crippen molar-refractivity contribution in [2.24, 2.45) is 0 Å². The fourth-order valence-electron chi connectivity index (χ4n) is 3.65. The second-order valence-electron chi connectivity index (χ2n) is 6.77. The van der Waals surface area contributed by atoms with Crippen molar-refractivity contribution in [1.82, 2.24) is 14.9 Å². The molecule has 2 atom stereocenters. The van der Waals surface area contributed by atoms with Crippen LogP contribution >= 0.6 is 11.3 Å². The zero-order valence-corrected chi connectivity index (χ0v) is 16.3. The molecule has 0 aromatic carbocycles. The van der Waals surface area contributed by atoms with Crippen LogP contribution in [0, 0.1) is 6.92 Å². The summed E-state index contributed by atoms with van der Waals surface area (Å²) in [4.78, 5) is 36.5. The molecule has 1 N–H and O–H groups in total. The molecule has 2 aromatic heterocycles. The monoisotopic (exact) mass is 428 g/mol. The Morgan fingerprint density at radius 3 is 2.48 bits per heavy atom. The van der Waals surface area contributed by atoms with Crippen molar-refractivity contribution in [3.8, 4) is 0 Å². The Balaban J connectivity index is 0.000000298. The summed E-state index contributed by atoms with van der Waals surface area (Å²) in [5.74, 6) is -2.57. The minimum atomic E-state index is -5.08. The van der Waals surface area contributed by atoms with E-state index in [0.29, 0.717) is 12.5 Å². The van der Waals surface area contributed by atoms with E-state index in [-0.39, 0.29) is 11.9 Å². The molecule has 7 nitrogen and oxygen atoms in total. The van der Waals surface area contributed by atoms with E-state index in [1.165, 1.54) is 16.1 Å². The number of carboxylic acids is 1. The van der Waals surface area contributed by atoms with Gasteiger partial charge in [-0.3, -0.25) is 9.69 Å². The zero-order chi connectivity index (χ0) is 21.2. The zero-order valence-electron chi connectivity index (χ0n) is 15.5. The lowest BCUT2D eigenvalue weighted by atomic mass is 10.1. The Morgan fingerprint density at radius 2 is 1.93 bits per heavy atom. The molecule has 2 saturated heterocycles. The van der Waals surface area contributed by atoms with Gasteiger partial charge in [0.2, 0.25) is 5.91 Å². The highest BCUT2D eigenvalue weighted by Gasteiger charge is 2.47. The van der Waals surface area contributed by atoms with E-state index < -0.39 is 12.1 Å². The first-order valence-corrected chi connectivity index (χ1v) is 9.65. The SMILES string of the molecule is Cc1ccc(CN2CCC3C2CC(=O)N3c2cncnc2)s1.O=C(O)C(F)(F)F. The van der Waals surface area contributed by atoms with E-state index in [1.807, 2.05) is 16.2 Å². The normalized spacial score (nSPS) is 21.7. The van der Waals surface area contributed by atoms with Crippen molar-refractivity contribution < 1.29 is 27.9 Å². The second-order valence-corrected chi connectivity index (χ2v) is 8.15. The number of nitrogens with zero attached hydrogens (tertiary/aromatic N) is 4. The third-order valence-electron chi connectivity index (χ3n) is 4.83. The summed E-state index contributed by atoms with van der Waals surface area (Å²) in [6, 6.07) is 4.95. The van der Waals surface area contributed by atoms with Crippen LogP contribution in [0.25, 0.3) is 0 Å². The topological polar surface area (TPSA) is 86.6 Å². The highest BCUT2D eigenvalue weighted by molar-refractivity contribution is 7.11. The van der Waals surface area contributed by atoms with Gasteiger partial charge in [-0.15, -0.1) is 11.3 Å². The first-order valence-electron chi connectivity index (χ1n) is 8.83. The average Bonchev–Trinajstić information content (AvgIpc) is 3.32. The number of hydrogen-bond acceptors (Lipinski definition) is 6. The molecule has 2 unspecified atom stereocenters. The van der Waals surface area contributed by atoms with Crippen molar-refractivity contribution in [2.75, 3.05) is 11.4 Å². The Bertz CT molecular complexity index is 875. The number of aryl methyl sites for hydroxylation is 1. The minimum Gasteiger partial charge on any atom is -0.475 e. The number of amides is 1. The van der Waals surface area contributed by atoms with Crippen molar-refractivity contribution in [1.29, 1.82) is 0 Å². The summed E-state index contributed by atoms with van der Waals surface area (Å²) in [5.41, 5.74) is 0.828. The number of likely N-dealkylation sites (tertiary alicyclic amines) is 1. The molecule has 156 valence electrons. The summed E-state index contributed by atoms with van der Waals surface area (Å²) in [7, 11) is 0. The smallest absolute Gasteiger partial charge is 0.475 e. The van der Waals surface area contributed by atoms with E-state index in [9.17, 15) is 18.0 Å². The Morgan fingerprint density at radius 1 is 1.28 bits per heavy atom. The van der Waals surface area contributed by atoms with Crippen LogP contribution in [0.1, 0.15) is 22.6 Å². The van der Waals surface area contributed by atoms with Crippen LogP contribution in [0.2, 0.25) is 0 Å². The maximum atomic E-state index is 12.4. The van der Waals surface area contributed by atoms with Gasteiger partial charge in [0.1, 0.15) is 6.33 Å². The molecule has 2 aromatic rings. The number of aromatic nitrogens is 2. The van der Waals surface area contributed by atoms with E-state index in [1.54, 1.807) is 12.4 Å². The van der Waals surface area contributed by atoms with Crippen molar-refractivity contribution in [2.45, 2.75) is 44.6 Å². The second kappa shape index (κ2) is 8.46. The number of carboxylic acid groups (broad SMARTS) is 1. The fraction of sp³-hybridized carbons (Fsp3) is 0.444. The van der Waals surface area contributed by atoms with Crippen molar-refractivity contribution in [3.05, 3.63) is 40.6 Å². The highest BCUT2D eigenvalue weighted by atomic mass is 32.1. The lowest BCUT2D eigenvalue weighted by Crippen LogP contribution is -2.37. The fourth-order valence-corrected chi connectivity index (χ4v) is 4.56. The Kier molecular flexibility index (Phi) is 6.18. The van der Waals surface area contributed by atoms with E-state index in [0.717, 1.165) is 25.2 Å². The molecule has 0 saturated carbocycles. The van der Waals surface area contributed by atoms with Crippen LogP contribution in [0.3, 0.4) is 0 Å². The maximum absolute atomic E-state index is 12.4. The van der Waals surface area contributed by atoms with Crippen LogP contribution in [-0.4, -0.2) is 56.7 Å².